The Hall–Kier alpha value is -1.34. The molecule has 1 amide bonds. The highest BCUT2D eigenvalue weighted by Crippen LogP contribution is 2.11. The predicted octanol–water partition coefficient (Wildman–Crippen LogP) is 0.530. The number of methoxy groups -OCH3 is 1. The molecule has 0 radical (unpaired) electrons. The third-order valence-electron chi connectivity index (χ3n) is 2.31. The smallest absolute Gasteiger partial charge is 0.410 e. The van der Waals surface area contributed by atoms with Gasteiger partial charge in [-0.25, -0.2) is 4.79 Å². The molecule has 7 nitrogen and oxygen atoms in total. The summed E-state index contributed by atoms with van der Waals surface area (Å²) in [5, 5.41) is 2.99. The number of esters is 1. The zero-order valence-electron chi connectivity index (χ0n) is 11.5. The van der Waals surface area contributed by atoms with Crippen molar-refractivity contribution in [2.75, 3.05) is 26.7 Å². The van der Waals surface area contributed by atoms with E-state index in [0.717, 1.165) is 0 Å². The SMILES string of the molecule is COC(=O)C1CN(C(=O)OC(C)(C)C)CCN1.N. The van der Waals surface area contributed by atoms with Crippen LogP contribution in [0.3, 0.4) is 0 Å². The molecule has 1 fully saturated rings. The average molecular weight is 261 g/mol. The van der Waals surface area contributed by atoms with Gasteiger partial charge in [0.25, 0.3) is 0 Å². The molecule has 1 aliphatic rings. The molecule has 4 N–H and O–H groups in total. The predicted molar refractivity (Wildman–Crippen MR) is 66.6 cm³/mol. The summed E-state index contributed by atoms with van der Waals surface area (Å²) in [7, 11) is 1.33. The third kappa shape index (κ3) is 4.89. The Bertz CT molecular complexity index is 301. The minimum absolute atomic E-state index is 0. The monoisotopic (exact) mass is 261 g/mol. The Morgan fingerprint density at radius 3 is 2.44 bits per heavy atom. The van der Waals surface area contributed by atoms with E-state index in [4.69, 9.17) is 4.74 Å². The molecule has 1 rings (SSSR count). The van der Waals surface area contributed by atoms with E-state index in [2.05, 4.69) is 10.1 Å². The number of amides is 1. The second kappa shape index (κ2) is 6.55. The molecule has 0 bridgehead atoms. The lowest BCUT2D eigenvalue weighted by Gasteiger charge is -2.33. The van der Waals surface area contributed by atoms with Crippen molar-refractivity contribution in [1.29, 1.82) is 0 Å². The molecule has 0 aromatic rings. The lowest BCUT2D eigenvalue weighted by Crippen LogP contribution is -2.56. The summed E-state index contributed by atoms with van der Waals surface area (Å²) >= 11 is 0. The maximum atomic E-state index is 11.8. The molecule has 1 aliphatic heterocycles. The zero-order valence-corrected chi connectivity index (χ0v) is 11.5. The molecule has 0 aromatic heterocycles. The van der Waals surface area contributed by atoms with Crippen LogP contribution in [0.25, 0.3) is 0 Å². The summed E-state index contributed by atoms with van der Waals surface area (Å²) in [4.78, 5) is 24.7. The zero-order chi connectivity index (χ0) is 13.1. The van der Waals surface area contributed by atoms with Crippen molar-refractivity contribution in [2.24, 2.45) is 0 Å². The Morgan fingerprint density at radius 1 is 1.33 bits per heavy atom. The molecule has 0 aromatic carbocycles. The van der Waals surface area contributed by atoms with E-state index in [9.17, 15) is 9.59 Å². The first-order chi connectivity index (χ1) is 7.83. The first-order valence-corrected chi connectivity index (χ1v) is 5.62. The van der Waals surface area contributed by atoms with Crippen LogP contribution in [0, 0.1) is 0 Å². The Morgan fingerprint density at radius 2 is 1.94 bits per heavy atom. The van der Waals surface area contributed by atoms with Crippen molar-refractivity contribution in [3.63, 3.8) is 0 Å². The van der Waals surface area contributed by atoms with Gasteiger partial charge in [0, 0.05) is 13.1 Å². The van der Waals surface area contributed by atoms with Crippen LogP contribution in [0.1, 0.15) is 20.8 Å². The van der Waals surface area contributed by atoms with Gasteiger partial charge in [-0.2, -0.15) is 0 Å². The fourth-order valence-corrected chi connectivity index (χ4v) is 1.54. The van der Waals surface area contributed by atoms with E-state index in [1.54, 1.807) is 0 Å². The molecule has 1 saturated heterocycles. The molecule has 1 unspecified atom stereocenters. The van der Waals surface area contributed by atoms with Crippen LogP contribution >= 0.6 is 0 Å². The summed E-state index contributed by atoms with van der Waals surface area (Å²) in [6, 6.07) is -0.471. The average Bonchev–Trinajstić information content (AvgIpc) is 2.26. The van der Waals surface area contributed by atoms with Crippen LogP contribution in [0.4, 0.5) is 4.79 Å². The van der Waals surface area contributed by atoms with Gasteiger partial charge in [0.2, 0.25) is 0 Å². The molecule has 1 atom stereocenters. The van der Waals surface area contributed by atoms with E-state index in [1.165, 1.54) is 12.0 Å². The Balaban J connectivity index is 0.00000289. The number of nitrogens with one attached hydrogen (secondary N) is 1. The number of carbonyl (C=O) groups is 2. The maximum Gasteiger partial charge on any atom is 0.410 e. The van der Waals surface area contributed by atoms with Crippen LogP contribution in [-0.4, -0.2) is 55.3 Å². The Kier molecular flexibility index (Phi) is 6.07. The van der Waals surface area contributed by atoms with Gasteiger partial charge in [0.05, 0.1) is 13.7 Å². The lowest BCUT2D eigenvalue weighted by atomic mass is 10.2. The van der Waals surface area contributed by atoms with E-state index in [0.29, 0.717) is 13.1 Å². The van der Waals surface area contributed by atoms with E-state index in [1.807, 2.05) is 20.8 Å². The molecule has 0 spiro atoms. The van der Waals surface area contributed by atoms with Gasteiger partial charge in [0.1, 0.15) is 11.6 Å². The van der Waals surface area contributed by atoms with Crippen LogP contribution < -0.4 is 11.5 Å². The van der Waals surface area contributed by atoms with Gasteiger partial charge in [-0.05, 0) is 20.8 Å². The largest absolute Gasteiger partial charge is 0.468 e. The molecular formula is C11H23N3O4. The minimum atomic E-state index is -0.525. The summed E-state index contributed by atoms with van der Waals surface area (Å²) < 4.78 is 9.88. The summed E-state index contributed by atoms with van der Waals surface area (Å²) in [5.74, 6) is -0.363. The van der Waals surface area contributed by atoms with Crippen molar-refractivity contribution in [2.45, 2.75) is 32.4 Å². The van der Waals surface area contributed by atoms with Crippen molar-refractivity contribution in [3.8, 4) is 0 Å². The van der Waals surface area contributed by atoms with Crippen molar-refractivity contribution >= 4 is 12.1 Å². The first kappa shape index (κ1) is 16.7. The van der Waals surface area contributed by atoms with Crippen LogP contribution in [0.2, 0.25) is 0 Å². The lowest BCUT2D eigenvalue weighted by molar-refractivity contribution is -0.144. The first-order valence-electron chi connectivity index (χ1n) is 5.62. The summed E-state index contributed by atoms with van der Waals surface area (Å²) in [6.07, 6.45) is -0.395. The van der Waals surface area contributed by atoms with Crippen LogP contribution in [-0.2, 0) is 14.3 Å². The second-order valence-corrected chi connectivity index (χ2v) is 4.96. The van der Waals surface area contributed by atoms with Gasteiger partial charge in [0.15, 0.2) is 0 Å². The summed E-state index contributed by atoms with van der Waals surface area (Å²) in [5.41, 5.74) is -0.525. The van der Waals surface area contributed by atoms with Gasteiger partial charge in [-0.3, -0.25) is 4.79 Å². The quantitative estimate of drug-likeness (QED) is 0.667. The third-order valence-corrected chi connectivity index (χ3v) is 2.31. The normalized spacial score (nSPS) is 19.8. The number of ether oxygens (including phenoxy) is 2. The fraction of sp³-hybridized carbons (Fsp3) is 0.818. The fourth-order valence-electron chi connectivity index (χ4n) is 1.54. The minimum Gasteiger partial charge on any atom is -0.468 e. The Labute approximate surface area is 107 Å². The van der Waals surface area contributed by atoms with Gasteiger partial charge >= 0.3 is 12.1 Å². The van der Waals surface area contributed by atoms with E-state index >= 15 is 0 Å². The highest BCUT2D eigenvalue weighted by molar-refractivity contribution is 5.77. The molecular weight excluding hydrogens is 238 g/mol. The number of rotatable bonds is 1. The maximum absolute atomic E-state index is 11.8. The molecule has 18 heavy (non-hydrogen) atoms. The molecule has 1 heterocycles. The number of nitrogens with zero attached hydrogens (tertiary/aromatic N) is 1. The van der Waals surface area contributed by atoms with Gasteiger partial charge < -0.3 is 25.8 Å². The topological polar surface area (TPSA) is 103 Å². The second-order valence-electron chi connectivity index (χ2n) is 4.96. The summed E-state index contributed by atoms with van der Waals surface area (Å²) in [6.45, 7) is 6.80. The number of piperazine rings is 1. The van der Waals surface area contributed by atoms with E-state index in [-0.39, 0.29) is 18.7 Å². The highest BCUT2D eigenvalue weighted by Gasteiger charge is 2.31. The van der Waals surface area contributed by atoms with Gasteiger partial charge in [-0.15, -0.1) is 0 Å². The number of hydrogen-bond donors (Lipinski definition) is 2. The molecule has 106 valence electrons. The number of carbonyl (C=O) groups excluding carboxylic acids is 2. The number of hydrogen-bond acceptors (Lipinski definition) is 6. The molecule has 0 saturated carbocycles. The van der Waals surface area contributed by atoms with Crippen LogP contribution in [0.15, 0.2) is 0 Å². The molecule has 7 heteroatoms. The van der Waals surface area contributed by atoms with Gasteiger partial charge in [-0.1, -0.05) is 0 Å². The van der Waals surface area contributed by atoms with E-state index < -0.39 is 17.7 Å². The van der Waals surface area contributed by atoms with Crippen molar-refractivity contribution in [3.05, 3.63) is 0 Å². The van der Waals surface area contributed by atoms with Crippen LogP contribution in [0.5, 0.6) is 0 Å². The highest BCUT2D eigenvalue weighted by atomic mass is 16.6. The molecule has 0 aliphatic carbocycles. The standard InChI is InChI=1S/C11H20N2O4.H3N/c1-11(2,3)17-10(15)13-6-5-12-8(7-13)9(14)16-4;/h8,12H,5-7H2,1-4H3;1H3. The van der Waals surface area contributed by atoms with Crippen molar-refractivity contribution < 1.29 is 19.1 Å². The van der Waals surface area contributed by atoms with Crippen molar-refractivity contribution in [1.82, 2.24) is 16.4 Å².